The van der Waals surface area contributed by atoms with E-state index in [-0.39, 0.29) is 70.0 Å². The van der Waals surface area contributed by atoms with E-state index >= 15 is 0 Å². The van der Waals surface area contributed by atoms with Gasteiger partial charge in [0.15, 0.2) is 12.4 Å². The minimum absolute atomic E-state index is 0.0355. The number of esters is 2. The number of carbonyl (C=O) groups is 3. The van der Waals surface area contributed by atoms with E-state index in [2.05, 4.69) is 41.5 Å². The zero-order valence-electron chi connectivity index (χ0n) is 26.2. The van der Waals surface area contributed by atoms with Crippen molar-refractivity contribution in [3.05, 3.63) is 11.6 Å². The SMILES string of the molecule is CCOC(=O)COC(=O)[C@@]1(C)CC[C@]2(C)CC[C@]3(C)C(=CC(=O)[C@@H]4[C@@]5(C)CC[C@H](O)C(C)(C)[C@@H]5CC[C@]43C)[C@@H]2C1. The van der Waals surface area contributed by atoms with Gasteiger partial charge in [-0.25, -0.2) is 4.79 Å². The number of ketones is 1. The van der Waals surface area contributed by atoms with Crippen molar-refractivity contribution in [1.29, 1.82) is 0 Å². The third-order valence-corrected chi connectivity index (χ3v) is 13.7. The first kappa shape index (κ1) is 29.8. The highest BCUT2D eigenvalue weighted by Crippen LogP contribution is 2.75. The van der Waals surface area contributed by atoms with Crippen molar-refractivity contribution in [2.45, 2.75) is 119 Å². The minimum atomic E-state index is -0.705. The summed E-state index contributed by atoms with van der Waals surface area (Å²) in [5.41, 5.74) is -0.0614. The molecule has 5 aliphatic carbocycles. The lowest BCUT2D eigenvalue weighted by Crippen LogP contribution is -2.66. The number of hydrogen-bond acceptors (Lipinski definition) is 6. The van der Waals surface area contributed by atoms with E-state index in [1.54, 1.807) is 6.92 Å². The summed E-state index contributed by atoms with van der Waals surface area (Å²) in [6, 6.07) is 0. The van der Waals surface area contributed by atoms with Gasteiger partial charge in [-0.3, -0.25) is 9.59 Å². The highest BCUT2D eigenvalue weighted by molar-refractivity contribution is 5.95. The van der Waals surface area contributed by atoms with Crippen molar-refractivity contribution in [1.82, 2.24) is 0 Å². The van der Waals surface area contributed by atoms with Gasteiger partial charge in [0.1, 0.15) is 0 Å². The van der Waals surface area contributed by atoms with Crippen LogP contribution in [0.15, 0.2) is 11.6 Å². The minimum Gasteiger partial charge on any atom is -0.463 e. The summed E-state index contributed by atoms with van der Waals surface area (Å²) < 4.78 is 10.4. The number of fused-ring (bicyclic) bond motifs is 7. The van der Waals surface area contributed by atoms with Crippen molar-refractivity contribution in [2.24, 2.45) is 50.2 Å². The topological polar surface area (TPSA) is 89.9 Å². The Morgan fingerprint density at radius 3 is 2.27 bits per heavy atom. The standard InChI is InChI=1S/C34H52O6/c1-9-39-26(37)20-40-28(38)31(5)15-14-30(4)16-17-33(7)21(22(30)19-31)18-23(35)27-32(6)12-11-25(36)29(2,3)24(32)10-13-34(27,33)8/h18,22,24-25,27,36H,9-17,19-20H2,1-8H3/t22-,24-,25-,27+,30+,31-,32-,33+,34+/m0/s1. The highest BCUT2D eigenvalue weighted by atomic mass is 16.6. The van der Waals surface area contributed by atoms with Gasteiger partial charge in [0.25, 0.3) is 0 Å². The monoisotopic (exact) mass is 556 g/mol. The molecule has 0 aromatic rings. The zero-order chi connectivity index (χ0) is 29.5. The third-order valence-electron chi connectivity index (χ3n) is 13.7. The van der Waals surface area contributed by atoms with E-state index in [9.17, 15) is 19.5 Å². The first-order chi connectivity index (χ1) is 18.5. The molecular formula is C34H52O6. The van der Waals surface area contributed by atoms with Crippen molar-refractivity contribution in [3.63, 3.8) is 0 Å². The van der Waals surface area contributed by atoms with Crippen LogP contribution in [-0.4, -0.2) is 42.1 Å². The molecule has 4 saturated carbocycles. The Kier molecular flexibility index (Phi) is 7.01. The van der Waals surface area contributed by atoms with Gasteiger partial charge >= 0.3 is 11.9 Å². The summed E-state index contributed by atoms with van der Waals surface area (Å²) in [6.45, 7) is 17.5. The molecule has 0 bridgehead atoms. The second-order valence-electron chi connectivity index (χ2n) is 16.0. The molecule has 0 heterocycles. The Labute approximate surface area is 241 Å². The lowest BCUT2D eigenvalue weighted by Gasteiger charge is -2.70. The molecule has 0 radical (unpaired) electrons. The predicted octanol–water partition coefficient (Wildman–Crippen LogP) is 6.43. The fourth-order valence-corrected chi connectivity index (χ4v) is 10.9. The van der Waals surface area contributed by atoms with E-state index in [0.717, 1.165) is 51.4 Å². The van der Waals surface area contributed by atoms with E-state index in [1.165, 1.54) is 5.57 Å². The molecule has 4 fully saturated rings. The molecule has 9 atom stereocenters. The van der Waals surface area contributed by atoms with Crippen LogP contribution in [0.4, 0.5) is 0 Å². The molecule has 6 nitrogen and oxygen atoms in total. The summed E-state index contributed by atoms with van der Waals surface area (Å²) >= 11 is 0. The van der Waals surface area contributed by atoms with Gasteiger partial charge in [0, 0.05) is 5.92 Å². The summed E-state index contributed by atoms with van der Waals surface area (Å²) in [6.07, 6.45) is 9.75. The van der Waals surface area contributed by atoms with Crippen molar-refractivity contribution < 1.29 is 29.0 Å². The first-order valence-corrected chi connectivity index (χ1v) is 15.8. The molecule has 0 saturated heterocycles. The Morgan fingerprint density at radius 2 is 1.60 bits per heavy atom. The largest absolute Gasteiger partial charge is 0.463 e. The molecule has 6 heteroatoms. The maximum Gasteiger partial charge on any atom is 0.344 e. The van der Waals surface area contributed by atoms with E-state index in [1.807, 2.05) is 13.0 Å². The molecule has 224 valence electrons. The molecule has 40 heavy (non-hydrogen) atoms. The predicted molar refractivity (Wildman–Crippen MR) is 153 cm³/mol. The molecule has 5 aliphatic rings. The Morgan fingerprint density at radius 1 is 0.925 bits per heavy atom. The molecule has 0 spiro atoms. The molecule has 0 amide bonds. The number of hydrogen-bond donors (Lipinski definition) is 1. The van der Waals surface area contributed by atoms with E-state index < -0.39 is 11.4 Å². The highest BCUT2D eigenvalue weighted by Gasteiger charge is 2.70. The van der Waals surface area contributed by atoms with Gasteiger partial charge in [-0.1, -0.05) is 47.1 Å². The fraction of sp³-hybridized carbons (Fsp3) is 0.853. The maximum absolute atomic E-state index is 14.4. The van der Waals surface area contributed by atoms with E-state index in [4.69, 9.17) is 9.47 Å². The molecule has 0 aromatic carbocycles. The zero-order valence-corrected chi connectivity index (χ0v) is 26.2. The van der Waals surface area contributed by atoms with Crippen LogP contribution < -0.4 is 0 Å². The van der Waals surface area contributed by atoms with Crippen LogP contribution in [0.2, 0.25) is 0 Å². The second kappa shape index (κ2) is 9.41. The summed E-state index contributed by atoms with van der Waals surface area (Å²) in [7, 11) is 0. The van der Waals surface area contributed by atoms with Crippen molar-refractivity contribution in [2.75, 3.05) is 13.2 Å². The average Bonchev–Trinajstić information content (AvgIpc) is 2.87. The average molecular weight is 557 g/mol. The van der Waals surface area contributed by atoms with Gasteiger partial charge in [-0.2, -0.15) is 0 Å². The molecule has 5 rings (SSSR count). The number of aliphatic hydroxyl groups is 1. The summed E-state index contributed by atoms with van der Waals surface area (Å²) in [5.74, 6) is -0.226. The number of ether oxygens (including phenoxy) is 2. The molecular weight excluding hydrogens is 504 g/mol. The van der Waals surface area contributed by atoms with E-state index in [0.29, 0.717) is 12.3 Å². The maximum atomic E-state index is 14.4. The Balaban J connectivity index is 1.50. The van der Waals surface area contributed by atoms with Crippen molar-refractivity contribution in [3.8, 4) is 0 Å². The molecule has 0 unspecified atom stereocenters. The van der Waals surface area contributed by atoms with Crippen LogP contribution >= 0.6 is 0 Å². The van der Waals surface area contributed by atoms with Crippen LogP contribution in [0.3, 0.4) is 0 Å². The number of rotatable bonds is 4. The van der Waals surface area contributed by atoms with Crippen LogP contribution in [0.25, 0.3) is 0 Å². The molecule has 0 aliphatic heterocycles. The smallest absolute Gasteiger partial charge is 0.344 e. The number of aliphatic hydroxyl groups excluding tert-OH is 1. The van der Waals surface area contributed by atoms with Gasteiger partial charge in [-0.15, -0.1) is 0 Å². The van der Waals surface area contributed by atoms with Crippen molar-refractivity contribution >= 4 is 17.7 Å². The summed E-state index contributed by atoms with van der Waals surface area (Å²) in [5, 5.41) is 10.9. The quantitative estimate of drug-likeness (QED) is 0.401. The number of allylic oxidation sites excluding steroid dienone is 2. The van der Waals surface area contributed by atoms with Gasteiger partial charge < -0.3 is 14.6 Å². The second-order valence-corrected chi connectivity index (χ2v) is 16.0. The lowest BCUT2D eigenvalue weighted by molar-refractivity contribution is -0.202. The normalized spacial score (nSPS) is 47.5. The van der Waals surface area contributed by atoms with Crippen LogP contribution in [0.5, 0.6) is 0 Å². The fourth-order valence-electron chi connectivity index (χ4n) is 10.9. The molecule has 0 aromatic heterocycles. The van der Waals surface area contributed by atoms with Crippen LogP contribution in [0, 0.1) is 50.2 Å². The van der Waals surface area contributed by atoms with Crippen LogP contribution in [0.1, 0.15) is 113 Å². The van der Waals surface area contributed by atoms with Gasteiger partial charge in [-0.05, 0) is 117 Å². The third kappa shape index (κ3) is 4.01. The Hall–Kier alpha value is -1.69. The summed E-state index contributed by atoms with van der Waals surface area (Å²) in [4.78, 5) is 39.6. The van der Waals surface area contributed by atoms with Crippen LogP contribution in [-0.2, 0) is 23.9 Å². The lowest BCUT2D eigenvalue weighted by atomic mass is 9.33. The number of carbonyl (C=O) groups excluding carboxylic acids is 3. The van der Waals surface area contributed by atoms with Gasteiger partial charge in [0.05, 0.1) is 18.1 Å². The van der Waals surface area contributed by atoms with Gasteiger partial charge in [0.2, 0.25) is 0 Å². The molecule has 1 N–H and O–H groups in total. The Bertz CT molecular complexity index is 1120. The first-order valence-electron chi connectivity index (χ1n) is 15.8.